The number of nitrogens with one attached hydrogen (secondary N) is 2. The van der Waals surface area contributed by atoms with Crippen molar-refractivity contribution in [3.05, 3.63) is 94.9 Å². The van der Waals surface area contributed by atoms with Gasteiger partial charge in [-0.1, -0.05) is 48.0 Å². The highest BCUT2D eigenvalue weighted by atomic mass is 35.5. The van der Waals surface area contributed by atoms with Crippen molar-refractivity contribution in [1.82, 2.24) is 20.1 Å². The van der Waals surface area contributed by atoms with Gasteiger partial charge in [0, 0.05) is 35.6 Å². The van der Waals surface area contributed by atoms with Crippen LogP contribution in [0.15, 0.2) is 73.2 Å². The number of rotatable bonds is 7. The Balaban J connectivity index is 1.31. The van der Waals surface area contributed by atoms with Gasteiger partial charge in [0.1, 0.15) is 6.10 Å². The lowest BCUT2D eigenvalue weighted by Crippen LogP contribution is -2.43. The summed E-state index contributed by atoms with van der Waals surface area (Å²) in [5.41, 5.74) is 5.58. The first-order valence-electron chi connectivity index (χ1n) is 11.5. The third-order valence-corrected chi connectivity index (χ3v) is 6.47. The van der Waals surface area contributed by atoms with E-state index >= 15 is 0 Å². The van der Waals surface area contributed by atoms with E-state index in [0.29, 0.717) is 29.6 Å². The summed E-state index contributed by atoms with van der Waals surface area (Å²) in [4.78, 5) is 4.59. The number of pyridine rings is 1. The third kappa shape index (κ3) is 5.14. The predicted octanol–water partition coefficient (Wildman–Crippen LogP) is 4.75. The number of ether oxygens (including phenoxy) is 1. The molecule has 176 valence electrons. The Labute approximate surface area is 209 Å². The van der Waals surface area contributed by atoms with Crippen LogP contribution in [0.1, 0.15) is 22.7 Å². The summed E-state index contributed by atoms with van der Waals surface area (Å²) in [7, 11) is 1.90. The molecule has 0 aliphatic carbocycles. The topological polar surface area (TPSA) is 87.8 Å². The highest BCUT2D eigenvalue weighted by Crippen LogP contribution is 2.34. The molecule has 5 rings (SSSR count). The van der Waals surface area contributed by atoms with Gasteiger partial charge in [-0.05, 0) is 42.3 Å². The molecular weight excluding hydrogens is 460 g/mol. The fraction of sp³-hybridized carbons (Fsp3) is 0.222. The van der Waals surface area contributed by atoms with Crippen molar-refractivity contribution >= 4 is 17.3 Å². The Morgan fingerprint density at radius 3 is 2.80 bits per heavy atom. The van der Waals surface area contributed by atoms with Crippen molar-refractivity contribution in [3.8, 4) is 23.1 Å². The lowest BCUT2D eigenvalue weighted by molar-refractivity contribution is 0.150. The maximum Gasteiger partial charge on any atom is 0.237 e. The molecule has 2 aromatic heterocycles. The molecule has 3 heterocycles. The molecule has 0 unspecified atom stereocenters. The Morgan fingerprint density at radius 2 is 2.06 bits per heavy atom. The van der Waals surface area contributed by atoms with Gasteiger partial charge in [-0.2, -0.15) is 10.4 Å². The predicted molar refractivity (Wildman–Crippen MR) is 136 cm³/mol. The zero-order chi connectivity index (χ0) is 24.2. The molecule has 2 atom stereocenters. The third-order valence-electron chi connectivity index (χ3n) is 6.12. The Bertz CT molecular complexity index is 1360. The zero-order valence-electron chi connectivity index (χ0n) is 19.3. The van der Waals surface area contributed by atoms with E-state index in [1.54, 1.807) is 16.8 Å². The number of hydrogen-bond donors (Lipinski definition) is 2. The minimum Gasteiger partial charge on any atom is -0.469 e. The molecule has 0 saturated carbocycles. The molecule has 7 nitrogen and oxygen atoms in total. The Kier molecular flexibility index (Phi) is 6.66. The smallest absolute Gasteiger partial charge is 0.237 e. The maximum atomic E-state index is 9.07. The van der Waals surface area contributed by atoms with Gasteiger partial charge in [0.15, 0.2) is 0 Å². The van der Waals surface area contributed by atoms with Gasteiger partial charge in [-0.25, -0.2) is 4.98 Å². The van der Waals surface area contributed by atoms with Crippen LogP contribution in [0.3, 0.4) is 0 Å². The molecule has 0 spiro atoms. The van der Waals surface area contributed by atoms with Gasteiger partial charge in [-0.15, -0.1) is 0 Å². The molecule has 8 heteroatoms. The largest absolute Gasteiger partial charge is 0.469 e. The number of aryl methyl sites for hydroxylation is 1. The summed E-state index contributed by atoms with van der Waals surface area (Å²) < 4.78 is 8.16. The van der Waals surface area contributed by atoms with E-state index in [1.807, 2.05) is 56.0 Å². The summed E-state index contributed by atoms with van der Waals surface area (Å²) in [5.74, 6) is 0.590. The molecule has 0 saturated heterocycles. The monoisotopic (exact) mass is 484 g/mol. The second kappa shape index (κ2) is 10.2. The number of benzene rings is 2. The van der Waals surface area contributed by atoms with Crippen molar-refractivity contribution in [1.29, 1.82) is 5.26 Å². The van der Waals surface area contributed by atoms with E-state index in [1.165, 1.54) is 0 Å². The zero-order valence-corrected chi connectivity index (χ0v) is 20.0. The first-order chi connectivity index (χ1) is 17.1. The van der Waals surface area contributed by atoms with Crippen molar-refractivity contribution in [2.45, 2.75) is 18.6 Å². The van der Waals surface area contributed by atoms with Crippen LogP contribution in [-0.4, -0.2) is 34.0 Å². The van der Waals surface area contributed by atoms with Crippen LogP contribution in [-0.2, 0) is 13.5 Å². The number of fused-ring (bicyclic) bond motifs is 1. The van der Waals surface area contributed by atoms with Crippen molar-refractivity contribution in [3.63, 3.8) is 0 Å². The molecular formula is C27H25ClN6O. The van der Waals surface area contributed by atoms with Crippen LogP contribution in [0.4, 0.5) is 5.69 Å². The van der Waals surface area contributed by atoms with Crippen molar-refractivity contribution in [2.75, 3.05) is 18.4 Å². The standard InChI is InChI=1S/C27H25ClN6O/c1-34-17-22(15-33-34)21-12-24-27(32-14-21)35-25(16-31-24)26(20-5-3-2-4-6-20)30-10-9-19-8-7-18(13-29)11-23(19)28/h2-8,11-12,14-15,17,25-26,30-31H,9-10,16H2,1H3/t25-,26+/m0/s1. The number of anilines is 1. The lowest BCUT2D eigenvalue weighted by Gasteiger charge is -2.33. The summed E-state index contributed by atoms with van der Waals surface area (Å²) in [6.07, 6.45) is 6.18. The summed E-state index contributed by atoms with van der Waals surface area (Å²) >= 11 is 6.38. The average molecular weight is 485 g/mol. The van der Waals surface area contributed by atoms with Crippen molar-refractivity contribution < 1.29 is 4.74 Å². The summed E-state index contributed by atoms with van der Waals surface area (Å²) in [6.45, 7) is 1.33. The Morgan fingerprint density at radius 1 is 1.20 bits per heavy atom. The molecule has 4 aromatic rings. The molecule has 2 aromatic carbocycles. The van der Waals surface area contributed by atoms with E-state index in [-0.39, 0.29) is 12.1 Å². The van der Waals surface area contributed by atoms with Crippen LogP contribution in [0, 0.1) is 11.3 Å². The Hall–Kier alpha value is -3.86. The van der Waals surface area contributed by atoms with Gasteiger partial charge < -0.3 is 15.4 Å². The quantitative estimate of drug-likeness (QED) is 0.393. The fourth-order valence-electron chi connectivity index (χ4n) is 4.29. The number of nitriles is 1. The van der Waals surface area contributed by atoms with Gasteiger partial charge in [0.05, 0.1) is 36.1 Å². The van der Waals surface area contributed by atoms with Crippen LogP contribution < -0.4 is 15.4 Å². The van der Waals surface area contributed by atoms with E-state index in [0.717, 1.165) is 34.4 Å². The molecule has 0 bridgehead atoms. The minimum absolute atomic E-state index is 0.0474. The number of halogens is 1. The van der Waals surface area contributed by atoms with Crippen LogP contribution in [0.2, 0.25) is 5.02 Å². The van der Waals surface area contributed by atoms with Crippen LogP contribution in [0.5, 0.6) is 5.88 Å². The number of hydrogen-bond acceptors (Lipinski definition) is 6. The minimum atomic E-state index is -0.155. The van der Waals surface area contributed by atoms with E-state index < -0.39 is 0 Å². The maximum absolute atomic E-state index is 9.07. The first kappa shape index (κ1) is 22.9. The number of nitrogens with zero attached hydrogens (tertiary/aromatic N) is 4. The molecule has 0 fully saturated rings. The molecule has 2 N–H and O–H groups in total. The van der Waals surface area contributed by atoms with Crippen molar-refractivity contribution in [2.24, 2.45) is 7.05 Å². The SMILES string of the molecule is Cn1cc(-c2cnc3c(c2)NC[C@@H]([C@H](NCCc2ccc(C#N)cc2Cl)c2ccccc2)O3)cn1. The summed E-state index contributed by atoms with van der Waals surface area (Å²) in [6, 6.07) is 19.8. The second-order valence-corrected chi connectivity index (χ2v) is 8.93. The molecule has 1 aliphatic heterocycles. The van der Waals surface area contributed by atoms with E-state index in [9.17, 15) is 0 Å². The highest BCUT2D eigenvalue weighted by molar-refractivity contribution is 6.31. The average Bonchev–Trinajstić information content (AvgIpc) is 3.33. The fourth-order valence-corrected chi connectivity index (χ4v) is 4.56. The van der Waals surface area contributed by atoms with Gasteiger partial charge in [-0.3, -0.25) is 4.68 Å². The van der Waals surface area contributed by atoms with Gasteiger partial charge in [0.2, 0.25) is 5.88 Å². The van der Waals surface area contributed by atoms with Gasteiger partial charge >= 0.3 is 0 Å². The van der Waals surface area contributed by atoms with E-state index in [4.69, 9.17) is 21.6 Å². The normalized spacial score (nSPS) is 15.4. The molecule has 35 heavy (non-hydrogen) atoms. The summed E-state index contributed by atoms with van der Waals surface area (Å²) in [5, 5.41) is 21.1. The van der Waals surface area contributed by atoms with Crippen LogP contribution >= 0.6 is 11.6 Å². The molecule has 0 radical (unpaired) electrons. The number of aromatic nitrogens is 3. The molecule has 1 aliphatic rings. The van der Waals surface area contributed by atoms with Gasteiger partial charge in [0.25, 0.3) is 0 Å². The molecule has 0 amide bonds. The lowest BCUT2D eigenvalue weighted by atomic mass is 9.99. The van der Waals surface area contributed by atoms with E-state index in [2.05, 4.69) is 38.9 Å². The van der Waals surface area contributed by atoms with Crippen LogP contribution in [0.25, 0.3) is 11.1 Å². The second-order valence-electron chi connectivity index (χ2n) is 8.53. The highest BCUT2D eigenvalue weighted by Gasteiger charge is 2.29. The first-order valence-corrected chi connectivity index (χ1v) is 11.8.